The summed E-state index contributed by atoms with van der Waals surface area (Å²) in [5, 5.41) is 56.6. The van der Waals surface area contributed by atoms with Crippen LogP contribution in [0.3, 0.4) is 0 Å². The zero-order chi connectivity index (χ0) is 27.8. The van der Waals surface area contributed by atoms with Crippen molar-refractivity contribution >= 4 is 17.5 Å². The first-order valence-corrected chi connectivity index (χ1v) is 12.1. The Morgan fingerprint density at radius 2 is 1.66 bits per heavy atom. The van der Waals surface area contributed by atoms with Crippen molar-refractivity contribution in [2.24, 2.45) is 17.6 Å². The summed E-state index contributed by atoms with van der Waals surface area (Å²) in [6, 6.07) is 10.8. The Kier molecular flexibility index (Phi) is 5.75. The number of carbonyl (C=O) groups excluding carboxylic acids is 3. The van der Waals surface area contributed by atoms with E-state index in [2.05, 4.69) is 0 Å². The third-order valence-electron chi connectivity index (χ3n) is 8.19. The Bertz CT molecular complexity index is 1460. The highest BCUT2D eigenvalue weighted by Crippen LogP contribution is 2.56. The number of hydrogen-bond acceptors (Lipinski definition) is 9. The summed E-state index contributed by atoms with van der Waals surface area (Å²) >= 11 is 0. The summed E-state index contributed by atoms with van der Waals surface area (Å²) in [5.74, 6) is -9.13. The van der Waals surface area contributed by atoms with Crippen LogP contribution in [0.1, 0.15) is 28.8 Å². The van der Waals surface area contributed by atoms with Crippen LogP contribution < -0.4 is 5.73 Å². The van der Waals surface area contributed by atoms with Crippen molar-refractivity contribution in [3.8, 4) is 16.9 Å². The molecule has 3 aliphatic carbocycles. The van der Waals surface area contributed by atoms with E-state index in [1.54, 1.807) is 13.0 Å². The van der Waals surface area contributed by atoms with Gasteiger partial charge in [0, 0.05) is 11.5 Å². The third kappa shape index (κ3) is 3.14. The Morgan fingerprint density at radius 3 is 2.24 bits per heavy atom. The number of benzene rings is 2. The number of aliphatic hydroxyl groups is 4. The van der Waals surface area contributed by atoms with Crippen LogP contribution in [0, 0.1) is 11.8 Å². The lowest BCUT2D eigenvalue weighted by Gasteiger charge is -2.53. The zero-order valence-electron chi connectivity index (χ0n) is 20.9. The third-order valence-corrected chi connectivity index (χ3v) is 8.19. The highest BCUT2D eigenvalue weighted by molar-refractivity contribution is 6.25. The number of primary amides is 1. The van der Waals surface area contributed by atoms with Gasteiger partial charge in [0.15, 0.2) is 11.4 Å². The van der Waals surface area contributed by atoms with Crippen molar-refractivity contribution in [2.45, 2.75) is 30.6 Å². The maximum atomic E-state index is 13.9. The molecule has 7 N–H and O–H groups in total. The van der Waals surface area contributed by atoms with Gasteiger partial charge in [-0.05, 0) is 42.8 Å². The number of carbonyl (C=O) groups is 3. The largest absolute Gasteiger partial charge is 0.510 e. The maximum Gasteiger partial charge on any atom is 0.255 e. The van der Waals surface area contributed by atoms with Crippen molar-refractivity contribution in [3.63, 3.8) is 0 Å². The van der Waals surface area contributed by atoms with Crippen molar-refractivity contribution in [1.82, 2.24) is 4.90 Å². The number of aliphatic hydroxyl groups excluding tert-OH is 3. The predicted octanol–water partition coefficient (Wildman–Crippen LogP) is 1.32. The molecule has 0 saturated carbocycles. The first-order chi connectivity index (χ1) is 17.8. The fraction of sp³-hybridized carbons (Fsp3) is 0.321. The second kappa shape index (κ2) is 8.52. The molecule has 0 spiro atoms. The highest BCUT2D eigenvalue weighted by Gasteiger charge is 2.67. The Labute approximate surface area is 217 Å². The minimum absolute atomic E-state index is 0.119. The first kappa shape index (κ1) is 25.7. The summed E-state index contributed by atoms with van der Waals surface area (Å²) in [7, 11) is 2.99. The zero-order valence-corrected chi connectivity index (χ0v) is 20.9. The molecule has 6 atom stereocenters. The summed E-state index contributed by atoms with van der Waals surface area (Å²) in [6.45, 7) is 1.71. The molecule has 38 heavy (non-hydrogen) atoms. The molecule has 0 heterocycles. The molecular formula is C28H28N2O8. The number of hydrogen-bond donors (Lipinski definition) is 6. The second-order valence-corrected chi connectivity index (χ2v) is 10.3. The van der Waals surface area contributed by atoms with Gasteiger partial charge in [0.2, 0.25) is 5.78 Å². The highest BCUT2D eigenvalue weighted by atomic mass is 16.4. The minimum atomic E-state index is -2.93. The molecule has 0 aliphatic heterocycles. The van der Waals surface area contributed by atoms with Gasteiger partial charge in [-0.25, -0.2) is 0 Å². The van der Waals surface area contributed by atoms with Gasteiger partial charge in [-0.2, -0.15) is 0 Å². The lowest BCUT2D eigenvalue weighted by atomic mass is 9.55. The average molecular weight is 521 g/mol. The lowest BCUT2D eigenvalue weighted by Crippen LogP contribution is -2.68. The molecule has 1 amide bonds. The summed E-state index contributed by atoms with van der Waals surface area (Å²) in [4.78, 5) is 40.8. The Balaban J connectivity index is 1.82. The molecule has 0 bridgehead atoms. The van der Waals surface area contributed by atoms with Crippen molar-refractivity contribution in [1.29, 1.82) is 0 Å². The van der Waals surface area contributed by atoms with Crippen LogP contribution in [0.5, 0.6) is 5.75 Å². The quantitative estimate of drug-likeness (QED) is 0.325. The van der Waals surface area contributed by atoms with E-state index in [-0.39, 0.29) is 11.3 Å². The van der Waals surface area contributed by atoms with Gasteiger partial charge in [0.05, 0.1) is 23.6 Å². The number of likely N-dealkylation sites (N-methyl/N-ethyl adjacent to an activating group) is 1. The lowest BCUT2D eigenvalue weighted by molar-refractivity contribution is -0.162. The minimum Gasteiger partial charge on any atom is -0.510 e. The molecule has 2 aromatic carbocycles. The SMILES string of the molecule is C[C@H]1c2c(-c3ccccc3)ccc(O)c2C(=O)C2=C(O)[C@]3(O)C(=O)C(C(N)=O)=C(O)[C@@H](N(C)C)[C@@H]3[C@@H](O)[C@@H]21. The van der Waals surface area contributed by atoms with E-state index in [9.17, 15) is 39.9 Å². The van der Waals surface area contributed by atoms with Gasteiger partial charge >= 0.3 is 0 Å². The number of ketones is 2. The van der Waals surface area contributed by atoms with E-state index >= 15 is 0 Å². The van der Waals surface area contributed by atoms with E-state index in [1.807, 2.05) is 30.3 Å². The van der Waals surface area contributed by atoms with Crippen LogP contribution in [0.2, 0.25) is 0 Å². The fourth-order valence-electron chi connectivity index (χ4n) is 6.57. The number of amides is 1. The maximum absolute atomic E-state index is 13.9. The van der Waals surface area contributed by atoms with E-state index in [4.69, 9.17) is 5.73 Å². The number of nitrogens with two attached hydrogens (primary N) is 1. The normalized spacial score (nSPS) is 30.7. The van der Waals surface area contributed by atoms with Crippen LogP contribution in [-0.2, 0) is 9.59 Å². The number of phenols is 1. The molecule has 5 rings (SSSR count). The molecule has 10 heteroatoms. The number of Topliss-reactive ketones (excluding diaryl/α,β-unsaturated/α-hetero) is 2. The smallest absolute Gasteiger partial charge is 0.255 e. The van der Waals surface area contributed by atoms with Crippen LogP contribution in [-0.4, -0.2) is 79.7 Å². The second-order valence-electron chi connectivity index (χ2n) is 10.3. The molecule has 3 aliphatic rings. The van der Waals surface area contributed by atoms with E-state index in [0.717, 1.165) is 5.56 Å². The molecule has 0 saturated heterocycles. The number of fused-ring (bicyclic) bond motifs is 3. The van der Waals surface area contributed by atoms with Crippen LogP contribution in [0.25, 0.3) is 11.1 Å². The number of nitrogens with zero attached hydrogens (tertiary/aromatic N) is 1. The van der Waals surface area contributed by atoms with Crippen molar-refractivity contribution in [2.75, 3.05) is 14.1 Å². The Morgan fingerprint density at radius 1 is 1.03 bits per heavy atom. The predicted molar refractivity (Wildman–Crippen MR) is 135 cm³/mol. The van der Waals surface area contributed by atoms with E-state index < -0.39 is 75.6 Å². The molecule has 0 unspecified atom stereocenters. The van der Waals surface area contributed by atoms with Crippen LogP contribution in [0.4, 0.5) is 0 Å². The van der Waals surface area contributed by atoms with Crippen LogP contribution in [0.15, 0.2) is 65.1 Å². The van der Waals surface area contributed by atoms with Gasteiger partial charge in [0.25, 0.3) is 5.91 Å². The Hall–Kier alpha value is -3.99. The van der Waals surface area contributed by atoms with Gasteiger partial charge < -0.3 is 31.3 Å². The van der Waals surface area contributed by atoms with Gasteiger partial charge in [0.1, 0.15) is 22.8 Å². The molecule has 198 valence electrons. The number of rotatable bonds is 3. The topological polar surface area (TPSA) is 182 Å². The van der Waals surface area contributed by atoms with E-state index in [0.29, 0.717) is 11.1 Å². The van der Waals surface area contributed by atoms with Crippen molar-refractivity contribution in [3.05, 3.63) is 76.3 Å². The average Bonchev–Trinajstić information content (AvgIpc) is 2.86. The summed E-state index contributed by atoms with van der Waals surface area (Å²) in [5.41, 5.74) is 2.75. The molecular weight excluding hydrogens is 492 g/mol. The van der Waals surface area contributed by atoms with E-state index in [1.165, 1.54) is 25.1 Å². The monoisotopic (exact) mass is 520 g/mol. The van der Waals surface area contributed by atoms with Gasteiger partial charge in [-0.15, -0.1) is 0 Å². The summed E-state index contributed by atoms with van der Waals surface area (Å²) < 4.78 is 0. The molecule has 0 fully saturated rings. The van der Waals surface area contributed by atoms with Crippen molar-refractivity contribution < 1.29 is 39.9 Å². The first-order valence-electron chi connectivity index (χ1n) is 12.1. The number of phenolic OH excluding ortho intramolecular Hbond substituents is 1. The molecule has 10 nitrogen and oxygen atoms in total. The number of aromatic hydroxyl groups is 1. The molecule has 0 aromatic heterocycles. The summed E-state index contributed by atoms with van der Waals surface area (Å²) in [6.07, 6.45) is -1.64. The standard InChI is InChI=1S/C28H28N2O8/c1-11-15-13(12-7-5-4-6-8-12)9-10-14(31)17(15)22(32)18-16(11)23(33)20-21(30(2)3)24(34)19(27(29)37)26(36)28(20,38)25(18)35/h4-11,16,20-21,23,31,33-35,38H,1-3H3,(H2,29,37)/t11-,16+,20+,21-,23-,28-/m0/s1. The van der Waals surface area contributed by atoms with Crippen LogP contribution >= 0.6 is 0 Å². The fourth-order valence-corrected chi connectivity index (χ4v) is 6.57. The molecule has 0 radical (unpaired) electrons. The molecule has 2 aromatic rings. The van der Waals surface area contributed by atoms with Gasteiger partial charge in [-0.1, -0.05) is 43.3 Å². The van der Waals surface area contributed by atoms with Gasteiger partial charge in [-0.3, -0.25) is 19.3 Å².